The lowest BCUT2D eigenvalue weighted by molar-refractivity contribution is 0.853. The summed E-state index contributed by atoms with van der Waals surface area (Å²) in [5, 5.41) is 3.94. The highest BCUT2D eigenvalue weighted by molar-refractivity contribution is 8.10. The lowest BCUT2D eigenvalue weighted by Gasteiger charge is -2.09. The van der Waals surface area contributed by atoms with Crippen LogP contribution in [0.5, 0.6) is 0 Å². The summed E-state index contributed by atoms with van der Waals surface area (Å²) < 4.78 is 2.00. The molecule has 1 aliphatic heterocycles. The lowest BCUT2D eigenvalue weighted by atomic mass is 10.7. The van der Waals surface area contributed by atoms with Crippen LogP contribution in [0.15, 0.2) is 5.10 Å². The average Bonchev–Trinajstić information content (AvgIpc) is 1.98. The van der Waals surface area contributed by atoms with Gasteiger partial charge >= 0.3 is 0 Å². The van der Waals surface area contributed by atoms with Crippen LogP contribution in [0.3, 0.4) is 0 Å². The zero-order chi connectivity index (χ0) is 6.15. The summed E-state index contributed by atoms with van der Waals surface area (Å²) in [4.78, 5) is 2.85. The van der Waals surface area contributed by atoms with Crippen LogP contribution < -0.4 is 4.83 Å². The van der Waals surface area contributed by atoms with Crippen molar-refractivity contribution in [1.82, 2.24) is 9.14 Å². The highest BCUT2D eigenvalue weighted by atomic mass is 32.2. The van der Waals surface area contributed by atoms with Crippen LogP contribution in [0.4, 0.5) is 0 Å². The summed E-state index contributed by atoms with van der Waals surface area (Å²) in [5.41, 5.74) is 0. The van der Waals surface area contributed by atoms with E-state index < -0.39 is 0 Å². The summed E-state index contributed by atoms with van der Waals surface area (Å²) in [6.07, 6.45) is 0. The Morgan fingerprint density at radius 1 is 1.88 bits per heavy atom. The van der Waals surface area contributed by atoms with E-state index in [1.165, 1.54) is 0 Å². The molecule has 0 aromatic rings. The van der Waals surface area contributed by atoms with Crippen molar-refractivity contribution in [3.63, 3.8) is 0 Å². The molecule has 4 heteroatoms. The van der Waals surface area contributed by atoms with Gasteiger partial charge < -0.3 is 0 Å². The van der Waals surface area contributed by atoms with Gasteiger partial charge in [0.2, 0.25) is 0 Å². The molecule has 1 rings (SSSR count). The molecule has 3 nitrogen and oxygen atoms in total. The van der Waals surface area contributed by atoms with E-state index in [9.17, 15) is 0 Å². The molecular weight excluding hydrogens is 122 g/mol. The first-order valence-corrected chi connectivity index (χ1v) is 3.64. The van der Waals surface area contributed by atoms with Crippen molar-refractivity contribution in [2.45, 2.75) is 6.92 Å². The Kier molecular flexibility index (Phi) is 1.25. The van der Waals surface area contributed by atoms with Crippen LogP contribution in [0.2, 0.25) is 0 Å². The van der Waals surface area contributed by atoms with Crippen molar-refractivity contribution >= 4 is 22.6 Å². The first-order chi connectivity index (χ1) is 3.72. The van der Waals surface area contributed by atoms with E-state index >= 15 is 0 Å². The van der Waals surface area contributed by atoms with Gasteiger partial charge in [-0.1, -0.05) is 0 Å². The lowest BCUT2D eigenvalue weighted by Crippen LogP contribution is -2.12. The van der Waals surface area contributed by atoms with Gasteiger partial charge in [0.1, 0.15) is 5.84 Å². The van der Waals surface area contributed by atoms with E-state index in [1.54, 1.807) is 0 Å². The van der Waals surface area contributed by atoms with Crippen molar-refractivity contribution in [3.8, 4) is 0 Å². The summed E-state index contributed by atoms with van der Waals surface area (Å²) in [5.74, 6) is 4.80. The van der Waals surface area contributed by atoms with Gasteiger partial charge in [-0.05, 0) is 12.8 Å². The molecular formula is C4H9N3S. The number of hydrazone groups is 1. The van der Waals surface area contributed by atoms with Crippen molar-refractivity contribution in [2.75, 3.05) is 7.05 Å². The molecule has 0 saturated heterocycles. The summed E-state index contributed by atoms with van der Waals surface area (Å²) in [7, 11) is 1.85. The van der Waals surface area contributed by atoms with Gasteiger partial charge in [0.05, 0.1) is 0 Å². The van der Waals surface area contributed by atoms with Gasteiger partial charge in [-0.2, -0.15) is 5.10 Å². The topological polar surface area (TPSA) is 27.6 Å². The molecule has 1 aliphatic rings. The van der Waals surface area contributed by atoms with Crippen molar-refractivity contribution in [2.24, 2.45) is 5.10 Å². The van der Waals surface area contributed by atoms with Crippen LogP contribution >= 0.6 is 10.9 Å². The van der Waals surface area contributed by atoms with E-state index in [2.05, 4.69) is 15.8 Å². The molecule has 0 fully saturated rings. The molecule has 0 aliphatic carbocycles. The van der Waals surface area contributed by atoms with Gasteiger partial charge in [0.15, 0.2) is 0 Å². The maximum absolute atomic E-state index is 3.94. The Hall–Kier alpha value is -0.510. The zero-order valence-corrected chi connectivity index (χ0v) is 5.83. The maximum atomic E-state index is 3.94. The first kappa shape index (κ1) is 5.62. The molecule has 0 aromatic heterocycles. The number of hydrogen-bond acceptors (Lipinski definition) is 3. The third-order valence-electron chi connectivity index (χ3n) is 1.10. The summed E-state index contributed by atoms with van der Waals surface area (Å²) in [6.45, 7) is 1.95. The van der Waals surface area contributed by atoms with Gasteiger partial charge in [-0.3, -0.25) is 4.31 Å². The molecule has 1 heterocycles. The molecule has 1 atom stereocenters. The minimum absolute atomic E-state index is 0.118. The normalized spacial score (nSPS) is 27.5. The smallest absolute Gasteiger partial charge is 0.133 e. The number of nitrogens with zero attached hydrogens (tertiary/aromatic N) is 2. The number of rotatable bonds is 0. The quantitative estimate of drug-likeness (QED) is 0.481. The minimum Gasteiger partial charge on any atom is -0.295 e. The predicted molar refractivity (Wildman–Crippen MR) is 38.7 cm³/mol. The second kappa shape index (κ2) is 1.78. The SMILES string of the molecule is C=S1NN=C(C)N1C. The molecule has 0 aromatic carbocycles. The molecule has 1 N–H and O–H groups in total. The van der Waals surface area contributed by atoms with Gasteiger partial charge in [0, 0.05) is 17.9 Å². The first-order valence-electron chi connectivity index (χ1n) is 2.29. The molecule has 0 radical (unpaired) electrons. The number of nitrogens with one attached hydrogen (secondary N) is 1. The van der Waals surface area contributed by atoms with Crippen molar-refractivity contribution in [3.05, 3.63) is 0 Å². The Morgan fingerprint density at radius 2 is 2.50 bits per heavy atom. The van der Waals surface area contributed by atoms with E-state index in [4.69, 9.17) is 0 Å². The van der Waals surface area contributed by atoms with E-state index in [1.807, 2.05) is 18.3 Å². The Bertz CT molecular complexity index is 151. The van der Waals surface area contributed by atoms with Crippen molar-refractivity contribution in [1.29, 1.82) is 0 Å². The van der Waals surface area contributed by atoms with Gasteiger partial charge in [-0.15, -0.1) is 0 Å². The van der Waals surface area contributed by atoms with E-state index in [0.717, 1.165) is 5.84 Å². The Labute approximate surface area is 51.6 Å². The van der Waals surface area contributed by atoms with Gasteiger partial charge in [-0.25, -0.2) is 4.83 Å². The standard InChI is InChI=1S/C4H9N3S/c1-4-5-6-8(3)7(4)2/h6H,3H2,1-2H3. The van der Waals surface area contributed by atoms with Crippen LogP contribution in [0.25, 0.3) is 0 Å². The third kappa shape index (κ3) is 0.709. The van der Waals surface area contributed by atoms with Crippen molar-refractivity contribution < 1.29 is 0 Å². The molecule has 0 saturated carbocycles. The highest BCUT2D eigenvalue weighted by Crippen LogP contribution is 2.15. The third-order valence-corrected chi connectivity index (χ3v) is 2.33. The van der Waals surface area contributed by atoms with Crippen LogP contribution in [0, 0.1) is 0 Å². The maximum Gasteiger partial charge on any atom is 0.133 e. The zero-order valence-electron chi connectivity index (χ0n) is 5.01. The van der Waals surface area contributed by atoms with Gasteiger partial charge in [0.25, 0.3) is 0 Å². The molecule has 46 valence electrons. The molecule has 0 amide bonds. The monoisotopic (exact) mass is 131 g/mol. The second-order valence-corrected chi connectivity index (χ2v) is 3.07. The fourth-order valence-corrected chi connectivity index (χ4v) is 1.13. The molecule has 1 unspecified atom stereocenters. The molecule has 0 spiro atoms. The van der Waals surface area contributed by atoms with Crippen LogP contribution in [-0.2, 0) is 0 Å². The Balaban J connectivity index is 2.72. The Morgan fingerprint density at radius 3 is 2.62 bits per heavy atom. The predicted octanol–water partition coefficient (Wildman–Crippen LogP) is 0.386. The van der Waals surface area contributed by atoms with E-state index in [0.29, 0.717) is 0 Å². The highest BCUT2D eigenvalue weighted by Gasteiger charge is 2.08. The second-order valence-electron chi connectivity index (χ2n) is 1.61. The fourth-order valence-electron chi connectivity index (χ4n) is 0.410. The van der Waals surface area contributed by atoms with E-state index in [-0.39, 0.29) is 10.9 Å². The molecule has 0 bridgehead atoms. The average molecular weight is 131 g/mol. The number of amidine groups is 1. The molecule has 8 heavy (non-hydrogen) atoms. The van der Waals surface area contributed by atoms with Crippen LogP contribution in [-0.4, -0.2) is 23.1 Å². The summed E-state index contributed by atoms with van der Waals surface area (Å²) in [6, 6.07) is 0. The minimum atomic E-state index is -0.118. The summed E-state index contributed by atoms with van der Waals surface area (Å²) >= 11 is 0. The fraction of sp³-hybridized carbons (Fsp3) is 0.500. The largest absolute Gasteiger partial charge is 0.295 e. The van der Waals surface area contributed by atoms with Crippen LogP contribution in [0.1, 0.15) is 6.92 Å². The number of hydrogen-bond donors (Lipinski definition) is 1.